The minimum atomic E-state index is -3.23. The van der Waals surface area contributed by atoms with Crippen LogP contribution in [0.4, 0.5) is 11.4 Å². The Morgan fingerprint density at radius 1 is 1.12 bits per heavy atom. The lowest BCUT2D eigenvalue weighted by atomic mass is 10.1. The second-order valence-corrected chi connectivity index (χ2v) is 8.03. The number of nitro groups is 1. The van der Waals surface area contributed by atoms with Crippen molar-refractivity contribution in [3.8, 4) is 0 Å². The van der Waals surface area contributed by atoms with Crippen molar-refractivity contribution in [2.24, 2.45) is 0 Å². The van der Waals surface area contributed by atoms with Gasteiger partial charge >= 0.3 is 0 Å². The van der Waals surface area contributed by atoms with Crippen LogP contribution in [0.25, 0.3) is 0 Å². The van der Waals surface area contributed by atoms with Crippen molar-refractivity contribution in [1.82, 2.24) is 0 Å². The molecule has 1 aliphatic rings. The van der Waals surface area contributed by atoms with Crippen LogP contribution in [0.5, 0.6) is 0 Å². The summed E-state index contributed by atoms with van der Waals surface area (Å²) in [5.74, 6) is 0. The fourth-order valence-corrected chi connectivity index (χ4v) is 3.34. The molecule has 0 bridgehead atoms. The fraction of sp³-hybridized carbons (Fsp3) is 0.294. The quantitative estimate of drug-likeness (QED) is 0.593. The highest BCUT2D eigenvalue weighted by Gasteiger charge is 2.30. The van der Waals surface area contributed by atoms with Crippen molar-refractivity contribution in [1.29, 1.82) is 0 Å². The molecule has 0 radical (unpaired) electrons. The Bertz CT molecular complexity index is 858. The van der Waals surface area contributed by atoms with Gasteiger partial charge in [-0.15, -0.1) is 0 Å². The molecule has 1 fully saturated rings. The summed E-state index contributed by atoms with van der Waals surface area (Å²) in [6, 6.07) is 13.8. The average molecular weight is 346 g/mol. The second kappa shape index (κ2) is 6.24. The van der Waals surface area contributed by atoms with Crippen LogP contribution in [0.3, 0.4) is 0 Å². The van der Waals surface area contributed by atoms with E-state index in [2.05, 4.69) is 4.90 Å². The molecule has 0 spiro atoms. The molecule has 2 aromatic carbocycles. The first kappa shape index (κ1) is 16.4. The molecule has 0 aliphatic heterocycles. The summed E-state index contributed by atoms with van der Waals surface area (Å²) in [5, 5.41) is 11.2. The Morgan fingerprint density at radius 3 is 2.29 bits per heavy atom. The fourth-order valence-electron chi connectivity index (χ4n) is 2.71. The van der Waals surface area contributed by atoms with E-state index in [4.69, 9.17) is 0 Å². The predicted octanol–water partition coefficient (Wildman–Crippen LogP) is 3.17. The molecular weight excluding hydrogens is 328 g/mol. The van der Waals surface area contributed by atoms with Crippen LogP contribution in [-0.4, -0.2) is 25.6 Å². The monoisotopic (exact) mass is 346 g/mol. The third kappa shape index (κ3) is 3.56. The molecule has 3 rings (SSSR count). The predicted molar refractivity (Wildman–Crippen MR) is 91.9 cm³/mol. The van der Waals surface area contributed by atoms with Gasteiger partial charge in [0.25, 0.3) is 5.69 Å². The van der Waals surface area contributed by atoms with Crippen molar-refractivity contribution in [3.05, 3.63) is 64.2 Å². The maximum absolute atomic E-state index is 11.6. The van der Waals surface area contributed by atoms with Gasteiger partial charge in [-0.1, -0.05) is 18.2 Å². The van der Waals surface area contributed by atoms with Gasteiger partial charge in [0.05, 0.1) is 16.4 Å². The van der Waals surface area contributed by atoms with E-state index in [0.29, 0.717) is 18.2 Å². The molecule has 1 aliphatic carbocycles. The van der Waals surface area contributed by atoms with Crippen molar-refractivity contribution in [2.75, 3.05) is 11.2 Å². The van der Waals surface area contributed by atoms with E-state index in [0.717, 1.165) is 18.5 Å². The van der Waals surface area contributed by atoms with E-state index in [1.165, 1.54) is 12.3 Å². The van der Waals surface area contributed by atoms with Crippen LogP contribution < -0.4 is 4.90 Å². The van der Waals surface area contributed by atoms with Gasteiger partial charge in [-0.05, 0) is 37.1 Å². The average Bonchev–Trinajstić information content (AvgIpc) is 3.37. The van der Waals surface area contributed by atoms with Gasteiger partial charge < -0.3 is 4.90 Å². The third-order valence-electron chi connectivity index (χ3n) is 4.11. The van der Waals surface area contributed by atoms with Gasteiger partial charge in [-0.2, -0.15) is 0 Å². The van der Waals surface area contributed by atoms with E-state index < -0.39 is 9.84 Å². The Hall–Kier alpha value is -2.41. The van der Waals surface area contributed by atoms with Crippen LogP contribution in [-0.2, 0) is 16.4 Å². The Morgan fingerprint density at radius 2 is 1.75 bits per heavy atom. The van der Waals surface area contributed by atoms with Crippen molar-refractivity contribution in [3.63, 3.8) is 0 Å². The molecule has 2 aromatic rings. The minimum Gasteiger partial charge on any atom is -0.364 e. The largest absolute Gasteiger partial charge is 0.364 e. The number of sulfone groups is 1. The van der Waals surface area contributed by atoms with E-state index in [9.17, 15) is 18.5 Å². The van der Waals surface area contributed by atoms with Crippen molar-refractivity contribution >= 4 is 21.2 Å². The molecule has 0 amide bonds. The molecule has 0 unspecified atom stereocenters. The lowest BCUT2D eigenvalue weighted by molar-refractivity contribution is -0.385. The molecule has 6 nitrogen and oxygen atoms in total. The van der Waals surface area contributed by atoms with Gasteiger partial charge in [-0.3, -0.25) is 10.1 Å². The Kier molecular flexibility index (Phi) is 4.28. The lowest BCUT2D eigenvalue weighted by Crippen LogP contribution is -2.25. The molecule has 0 N–H and O–H groups in total. The van der Waals surface area contributed by atoms with E-state index in [1.807, 2.05) is 0 Å². The minimum absolute atomic E-state index is 0.107. The molecule has 0 heterocycles. The molecular formula is C17H18N2O4S. The SMILES string of the molecule is CS(=O)(=O)c1ccc(N(Cc2ccccc2[N+](=O)[O-])C2CC2)cc1. The summed E-state index contributed by atoms with van der Waals surface area (Å²) in [4.78, 5) is 13.2. The molecule has 1 saturated carbocycles. The third-order valence-corrected chi connectivity index (χ3v) is 5.24. The summed E-state index contributed by atoms with van der Waals surface area (Å²) in [7, 11) is -3.23. The van der Waals surface area contributed by atoms with E-state index >= 15 is 0 Å². The van der Waals surface area contributed by atoms with Crippen molar-refractivity contribution < 1.29 is 13.3 Å². The first-order valence-corrected chi connectivity index (χ1v) is 9.54. The summed E-state index contributed by atoms with van der Waals surface area (Å²) >= 11 is 0. The number of anilines is 1. The Balaban J connectivity index is 1.90. The normalized spacial score (nSPS) is 14.4. The number of hydrogen-bond acceptors (Lipinski definition) is 5. The number of nitro benzene ring substituents is 1. The number of para-hydroxylation sites is 1. The standard InChI is InChI=1S/C17H18N2O4S/c1-24(22,23)16-10-8-15(9-11-16)18(14-6-7-14)12-13-4-2-3-5-17(13)19(20)21/h2-5,8-11,14H,6-7,12H2,1H3. The van der Waals surface area contributed by atoms with Gasteiger partial charge in [0.15, 0.2) is 9.84 Å². The van der Waals surface area contributed by atoms with Crippen LogP contribution in [0.2, 0.25) is 0 Å². The molecule has 0 atom stereocenters. The second-order valence-electron chi connectivity index (χ2n) is 6.01. The molecule has 0 saturated heterocycles. The van der Waals surface area contributed by atoms with Crippen LogP contribution in [0.15, 0.2) is 53.4 Å². The summed E-state index contributed by atoms with van der Waals surface area (Å²) < 4.78 is 23.2. The highest BCUT2D eigenvalue weighted by Crippen LogP contribution is 2.34. The number of benzene rings is 2. The maximum Gasteiger partial charge on any atom is 0.274 e. The molecule has 24 heavy (non-hydrogen) atoms. The van der Waals surface area contributed by atoms with Gasteiger partial charge in [0.1, 0.15) is 0 Å². The van der Waals surface area contributed by atoms with Crippen molar-refractivity contribution in [2.45, 2.75) is 30.3 Å². The van der Waals surface area contributed by atoms with Crippen LogP contribution in [0, 0.1) is 10.1 Å². The first-order chi connectivity index (χ1) is 11.4. The summed E-state index contributed by atoms with van der Waals surface area (Å²) in [6.07, 6.45) is 3.25. The zero-order chi connectivity index (χ0) is 17.3. The highest BCUT2D eigenvalue weighted by molar-refractivity contribution is 7.90. The number of rotatable bonds is 6. The molecule has 7 heteroatoms. The van der Waals surface area contributed by atoms with Gasteiger partial charge in [-0.25, -0.2) is 8.42 Å². The number of nitrogens with zero attached hydrogens (tertiary/aromatic N) is 2. The zero-order valence-corrected chi connectivity index (χ0v) is 14.1. The maximum atomic E-state index is 11.6. The molecule has 0 aromatic heterocycles. The van der Waals surface area contributed by atoms with Crippen LogP contribution >= 0.6 is 0 Å². The summed E-state index contributed by atoms with van der Waals surface area (Å²) in [5.41, 5.74) is 1.64. The molecule has 126 valence electrons. The zero-order valence-electron chi connectivity index (χ0n) is 13.3. The lowest BCUT2D eigenvalue weighted by Gasteiger charge is -2.25. The topological polar surface area (TPSA) is 80.5 Å². The van der Waals surface area contributed by atoms with E-state index in [-0.39, 0.29) is 15.5 Å². The van der Waals surface area contributed by atoms with Crippen LogP contribution in [0.1, 0.15) is 18.4 Å². The smallest absolute Gasteiger partial charge is 0.274 e. The Labute approximate surface area is 140 Å². The van der Waals surface area contributed by atoms with Gasteiger partial charge in [0, 0.05) is 29.6 Å². The highest BCUT2D eigenvalue weighted by atomic mass is 32.2. The summed E-state index contributed by atoms with van der Waals surface area (Å²) in [6.45, 7) is 0.431. The first-order valence-electron chi connectivity index (χ1n) is 7.65. The van der Waals surface area contributed by atoms with E-state index in [1.54, 1.807) is 42.5 Å². The van der Waals surface area contributed by atoms with Gasteiger partial charge in [0.2, 0.25) is 0 Å². The number of hydrogen-bond donors (Lipinski definition) is 0.